The average Bonchev–Trinajstić information content (AvgIpc) is 3.88. The number of sulfonamides is 1. The van der Waals surface area contributed by atoms with E-state index in [2.05, 4.69) is 6.07 Å². The summed E-state index contributed by atoms with van der Waals surface area (Å²) in [7, 11) is -5.44. The lowest BCUT2D eigenvalue weighted by atomic mass is 9.84. The molecule has 0 saturated heterocycles. The van der Waals surface area contributed by atoms with Gasteiger partial charge in [0.1, 0.15) is 5.75 Å². The van der Waals surface area contributed by atoms with Crippen LogP contribution in [0.3, 0.4) is 0 Å². The number of hydrogen-bond donors (Lipinski definition) is 1. The third-order valence-corrected chi connectivity index (χ3v) is 10.8. The first kappa shape index (κ1) is 34.8. The van der Waals surface area contributed by atoms with Crippen LogP contribution >= 0.6 is 0 Å². The number of amides is 1. The zero-order chi connectivity index (χ0) is 35.6. The third-order valence-electron chi connectivity index (χ3n) is 8.87. The van der Waals surface area contributed by atoms with Gasteiger partial charge in [-0.3, -0.25) is 4.79 Å². The fraction of sp³-hybridized carbons (Fsp3) is 0.429. The summed E-state index contributed by atoms with van der Waals surface area (Å²) in [5, 5.41) is 9.67. The molecular weight excluding hydrogens is 671 g/mol. The van der Waals surface area contributed by atoms with Crippen molar-refractivity contribution in [1.29, 1.82) is 0 Å². The lowest BCUT2D eigenvalue weighted by Gasteiger charge is -2.30. The monoisotopic (exact) mass is 706 g/mol. The van der Waals surface area contributed by atoms with Gasteiger partial charge >= 0.3 is 5.97 Å². The molecule has 0 unspecified atom stereocenters. The molecule has 0 heterocycles. The van der Waals surface area contributed by atoms with Gasteiger partial charge in [-0.1, -0.05) is 39.0 Å². The smallest absolute Gasteiger partial charge is 0.335 e. The first-order valence-electron chi connectivity index (χ1n) is 16.0. The van der Waals surface area contributed by atoms with Crippen LogP contribution in [-0.4, -0.2) is 48.4 Å². The first-order chi connectivity index (χ1) is 23.0. The molecule has 0 bridgehead atoms. The topological polar surface area (TPSA) is 104 Å². The molecule has 0 radical (unpaired) electrons. The van der Waals surface area contributed by atoms with Crippen LogP contribution in [-0.2, 0) is 26.8 Å². The van der Waals surface area contributed by atoms with E-state index in [0.29, 0.717) is 28.6 Å². The number of carboxylic acids is 1. The number of benzene rings is 3. The Kier molecular flexibility index (Phi) is 9.01. The Morgan fingerprint density at radius 3 is 2.00 bits per heavy atom. The molecule has 6 rings (SSSR count). The minimum Gasteiger partial charge on any atom is -0.488 e. The lowest BCUT2D eigenvalue weighted by molar-refractivity contribution is -0.119. The molecule has 0 aliphatic heterocycles. The molecular formula is C35H35F5N2O6S. The Hall–Kier alpha value is -4.04. The summed E-state index contributed by atoms with van der Waals surface area (Å²) < 4.78 is 106. The quantitative estimate of drug-likeness (QED) is 0.122. The molecule has 3 fully saturated rings. The van der Waals surface area contributed by atoms with Crippen LogP contribution in [0.2, 0.25) is 0 Å². The zero-order valence-corrected chi connectivity index (χ0v) is 27.9. The number of ether oxygens (including phenoxy) is 1. The van der Waals surface area contributed by atoms with Gasteiger partial charge in [0.25, 0.3) is 0 Å². The number of rotatable bonds is 12. The third kappa shape index (κ3) is 7.16. The average molecular weight is 707 g/mol. The maximum Gasteiger partial charge on any atom is 0.335 e. The van der Waals surface area contributed by atoms with E-state index in [0.717, 1.165) is 24.0 Å². The molecule has 49 heavy (non-hydrogen) atoms. The predicted octanol–water partition coefficient (Wildman–Crippen LogP) is 7.18. The summed E-state index contributed by atoms with van der Waals surface area (Å²) in [6.45, 7) is 4.97. The molecule has 262 valence electrons. The number of nitrogens with zero attached hydrogens (tertiary/aromatic N) is 2. The zero-order valence-electron chi connectivity index (χ0n) is 27.0. The van der Waals surface area contributed by atoms with E-state index in [1.165, 1.54) is 23.1 Å². The number of halogens is 5. The number of carbonyl (C=O) groups excluding carboxylic acids is 1. The van der Waals surface area contributed by atoms with Gasteiger partial charge in [-0.2, -0.15) is 4.31 Å². The second kappa shape index (κ2) is 12.7. The largest absolute Gasteiger partial charge is 0.488 e. The highest BCUT2D eigenvalue weighted by Crippen LogP contribution is 2.43. The summed E-state index contributed by atoms with van der Waals surface area (Å²) in [4.78, 5) is 25.4. The molecule has 1 N–H and O–H groups in total. The highest BCUT2D eigenvalue weighted by molar-refractivity contribution is 7.89. The summed E-state index contributed by atoms with van der Waals surface area (Å²) in [6, 6.07) is 8.95. The van der Waals surface area contributed by atoms with Crippen molar-refractivity contribution >= 4 is 27.6 Å². The predicted molar refractivity (Wildman–Crippen MR) is 169 cm³/mol. The van der Waals surface area contributed by atoms with Gasteiger partial charge in [0.15, 0.2) is 28.2 Å². The van der Waals surface area contributed by atoms with E-state index < -0.39 is 68.5 Å². The van der Waals surface area contributed by atoms with Crippen molar-refractivity contribution in [2.45, 2.75) is 94.2 Å². The Labute approximate surface area is 280 Å². The van der Waals surface area contributed by atoms with Crippen molar-refractivity contribution < 1.29 is 49.8 Å². The van der Waals surface area contributed by atoms with Crippen LogP contribution in [0.15, 0.2) is 41.3 Å². The number of carbonyl (C=O) groups is 2. The normalized spacial score (nSPS) is 16.6. The number of carboxylic acid groups (broad SMARTS) is 1. The van der Waals surface area contributed by atoms with Crippen LogP contribution in [0.25, 0.3) is 0 Å². The van der Waals surface area contributed by atoms with Gasteiger partial charge in [0, 0.05) is 6.04 Å². The second-order valence-electron chi connectivity index (χ2n) is 14.0. The van der Waals surface area contributed by atoms with Gasteiger partial charge in [-0.05, 0) is 84.7 Å². The van der Waals surface area contributed by atoms with E-state index >= 15 is 0 Å². The maximum absolute atomic E-state index is 14.8. The summed E-state index contributed by atoms with van der Waals surface area (Å²) >= 11 is 0. The van der Waals surface area contributed by atoms with E-state index in [9.17, 15) is 45.1 Å². The van der Waals surface area contributed by atoms with Crippen LogP contribution < -0.4 is 9.64 Å². The Morgan fingerprint density at radius 2 is 1.47 bits per heavy atom. The molecule has 3 saturated carbocycles. The Bertz CT molecular complexity index is 1920. The lowest BCUT2D eigenvalue weighted by Crippen LogP contribution is -2.44. The number of aromatic carboxylic acids is 1. The van der Waals surface area contributed by atoms with Crippen LogP contribution in [0.1, 0.15) is 92.3 Å². The summed E-state index contributed by atoms with van der Waals surface area (Å²) in [6.07, 6.45) is 3.52. The Balaban J connectivity index is 1.44. The highest BCUT2D eigenvalue weighted by atomic mass is 32.2. The molecule has 3 aliphatic rings. The van der Waals surface area contributed by atoms with Gasteiger partial charge < -0.3 is 14.7 Å². The maximum atomic E-state index is 14.8. The summed E-state index contributed by atoms with van der Waals surface area (Å²) in [5.74, 6) is -14.1. The van der Waals surface area contributed by atoms with E-state index in [4.69, 9.17) is 4.74 Å². The van der Waals surface area contributed by atoms with Crippen molar-refractivity contribution in [3.8, 4) is 5.75 Å². The van der Waals surface area contributed by atoms with Gasteiger partial charge in [0.05, 0.1) is 30.4 Å². The van der Waals surface area contributed by atoms with Crippen LogP contribution in [0, 0.1) is 29.1 Å². The van der Waals surface area contributed by atoms with E-state index in [1.54, 1.807) is 0 Å². The molecule has 0 aromatic heterocycles. The molecule has 8 nitrogen and oxygen atoms in total. The standard InChI is InChI=1S/C35H35F5N2O6S/c1-35(2,3)22-13-18(12-21(14-22)19-4-5-19)16-41(25-11-6-20(34(44)45)15-26(25)48-24-9-10-24)27(43)17-42(23-7-8-23)49(46,47)33-31(39)29(37)28(36)30(38)32(33)40/h6,11-15,19,23-24H,4-5,7-10,16-17H2,1-3H3,(H,44,45). The summed E-state index contributed by atoms with van der Waals surface area (Å²) in [5.41, 5.74) is 2.47. The van der Waals surface area contributed by atoms with Crippen molar-refractivity contribution in [1.82, 2.24) is 4.31 Å². The highest BCUT2D eigenvalue weighted by Gasteiger charge is 2.45. The van der Waals surface area contributed by atoms with Crippen LogP contribution in [0.5, 0.6) is 5.75 Å². The SMILES string of the molecule is CC(C)(C)c1cc(CN(C(=O)CN(C2CC2)S(=O)(=O)c2c(F)c(F)c(F)c(F)c2F)c2ccc(C(=O)O)cc2OC2CC2)cc(C2CC2)c1. The molecule has 14 heteroatoms. The molecule has 0 atom stereocenters. The molecule has 3 aromatic rings. The number of hydrogen-bond acceptors (Lipinski definition) is 5. The van der Waals surface area contributed by atoms with E-state index in [1.807, 2.05) is 32.9 Å². The number of anilines is 1. The van der Waals surface area contributed by atoms with Gasteiger partial charge in [0.2, 0.25) is 21.7 Å². The fourth-order valence-corrected chi connectivity index (χ4v) is 7.39. The second-order valence-corrected chi connectivity index (χ2v) is 15.8. The van der Waals surface area contributed by atoms with Crippen molar-refractivity contribution in [2.75, 3.05) is 11.4 Å². The van der Waals surface area contributed by atoms with Gasteiger partial charge in [-0.15, -0.1) is 0 Å². The van der Waals surface area contributed by atoms with Gasteiger partial charge in [-0.25, -0.2) is 35.2 Å². The van der Waals surface area contributed by atoms with Crippen molar-refractivity contribution in [2.24, 2.45) is 0 Å². The fourth-order valence-electron chi connectivity index (χ4n) is 5.64. The molecule has 0 spiro atoms. The minimum absolute atomic E-state index is 0.0609. The molecule has 3 aliphatic carbocycles. The van der Waals surface area contributed by atoms with Crippen molar-refractivity contribution in [3.63, 3.8) is 0 Å². The Morgan fingerprint density at radius 1 is 0.857 bits per heavy atom. The van der Waals surface area contributed by atoms with Crippen molar-refractivity contribution in [3.05, 3.63) is 87.7 Å². The van der Waals surface area contributed by atoms with E-state index in [-0.39, 0.29) is 47.9 Å². The molecule has 1 amide bonds. The minimum atomic E-state index is -5.44. The molecule has 3 aromatic carbocycles. The first-order valence-corrected chi connectivity index (χ1v) is 17.4. The van der Waals surface area contributed by atoms with Crippen LogP contribution in [0.4, 0.5) is 27.6 Å².